The molecule has 102 valence electrons. The number of hydrogen-bond acceptors (Lipinski definition) is 4. The summed E-state index contributed by atoms with van der Waals surface area (Å²) in [6.07, 6.45) is 0. The number of rotatable bonds is 5. The fourth-order valence-corrected chi connectivity index (χ4v) is 2.14. The van der Waals surface area contributed by atoms with Gasteiger partial charge in [-0.2, -0.15) is 5.10 Å². The van der Waals surface area contributed by atoms with Gasteiger partial charge in [-0.15, -0.1) is 0 Å². The van der Waals surface area contributed by atoms with Crippen molar-refractivity contribution in [2.45, 2.75) is 19.8 Å². The molecule has 1 aromatic heterocycles. The Labute approximate surface area is 117 Å². The molecule has 1 N–H and O–H groups in total. The molecule has 0 atom stereocenters. The van der Waals surface area contributed by atoms with Crippen LogP contribution in [0.25, 0.3) is 0 Å². The monoisotopic (exact) mass is 278 g/mol. The molecule has 0 aliphatic carbocycles. The maximum atomic E-state index is 9.17. The van der Waals surface area contributed by atoms with Gasteiger partial charge in [0.1, 0.15) is 6.61 Å². The van der Waals surface area contributed by atoms with E-state index in [1.54, 1.807) is 9.25 Å². The molecule has 0 bridgehead atoms. The highest BCUT2D eigenvalue weighted by atomic mass is 32.1. The minimum absolute atomic E-state index is 0.102. The topological polar surface area (TPSA) is 46.2 Å². The molecule has 19 heavy (non-hydrogen) atoms. The first kappa shape index (κ1) is 13.9. The van der Waals surface area contributed by atoms with Crippen LogP contribution in [0.2, 0.25) is 0 Å². The summed E-state index contributed by atoms with van der Waals surface area (Å²) < 4.78 is 4.07. The summed E-state index contributed by atoms with van der Waals surface area (Å²) in [6.45, 7) is 1.32. The Hall–Kier alpha value is -1.50. The fourth-order valence-electron chi connectivity index (χ4n) is 1.94. The molecule has 0 radical (unpaired) electrons. The molecule has 1 aromatic carbocycles. The Morgan fingerprint density at radius 2 is 2.00 bits per heavy atom. The van der Waals surface area contributed by atoms with Crippen molar-refractivity contribution in [2.75, 3.05) is 7.05 Å². The maximum absolute atomic E-state index is 9.17. The Morgan fingerprint density at radius 1 is 1.32 bits per heavy atom. The molecule has 6 heteroatoms. The van der Waals surface area contributed by atoms with Crippen LogP contribution in [0, 0.1) is 4.77 Å². The smallest absolute Gasteiger partial charge is 0.198 e. The summed E-state index contributed by atoms with van der Waals surface area (Å²) in [7, 11) is 3.83. The van der Waals surface area contributed by atoms with Crippen LogP contribution >= 0.6 is 12.2 Å². The van der Waals surface area contributed by atoms with Gasteiger partial charge in [0.15, 0.2) is 10.6 Å². The third kappa shape index (κ3) is 3.28. The van der Waals surface area contributed by atoms with Gasteiger partial charge in [-0.05, 0) is 24.8 Å². The number of aliphatic hydroxyl groups excluding tert-OH is 1. The predicted octanol–water partition coefficient (Wildman–Crippen LogP) is 1.53. The highest BCUT2D eigenvalue weighted by Crippen LogP contribution is 2.05. The lowest BCUT2D eigenvalue weighted by Crippen LogP contribution is -2.22. The summed E-state index contributed by atoms with van der Waals surface area (Å²) in [5.74, 6) is 0.582. The van der Waals surface area contributed by atoms with Crippen LogP contribution in [0.3, 0.4) is 0 Å². The number of aliphatic hydroxyl groups is 1. The number of hydrogen-bond donors (Lipinski definition) is 1. The Morgan fingerprint density at radius 3 is 2.58 bits per heavy atom. The largest absolute Gasteiger partial charge is 0.388 e. The van der Waals surface area contributed by atoms with E-state index < -0.39 is 0 Å². The summed E-state index contributed by atoms with van der Waals surface area (Å²) >= 11 is 5.29. The van der Waals surface area contributed by atoms with Gasteiger partial charge in [0.2, 0.25) is 0 Å². The van der Waals surface area contributed by atoms with Crippen LogP contribution in [-0.4, -0.2) is 31.4 Å². The standard InChI is InChI=1S/C13H18N4OS/c1-15(8-11-6-4-3-5-7-11)10-17-13(19)16(2)12(9-18)14-17/h3-7,18H,8-10H2,1-2H3. The molecule has 5 nitrogen and oxygen atoms in total. The van der Waals surface area contributed by atoms with Gasteiger partial charge in [0, 0.05) is 13.6 Å². The van der Waals surface area contributed by atoms with E-state index in [1.807, 2.05) is 32.3 Å². The van der Waals surface area contributed by atoms with E-state index in [2.05, 4.69) is 22.1 Å². The molecule has 0 aliphatic heterocycles. The van der Waals surface area contributed by atoms with Gasteiger partial charge in [-0.3, -0.25) is 4.90 Å². The van der Waals surface area contributed by atoms with Gasteiger partial charge in [0.05, 0.1) is 6.67 Å². The number of nitrogens with zero attached hydrogens (tertiary/aromatic N) is 4. The molecule has 0 aliphatic rings. The Balaban J connectivity index is 2.07. The van der Waals surface area contributed by atoms with Gasteiger partial charge in [-0.25, -0.2) is 4.68 Å². The van der Waals surface area contributed by atoms with Crippen molar-refractivity contribution in [1.29, 1.82) is 0 Å². The first-order chi connectivity index (χ1) is 9.11. The SMILES string of the molecule is CN(Cc1ccccc1)Cn1nc(CO)n(C)c1=S. The van der Waals surface area contributed by atoms with Crippen molar-refractivity contribution in [2.24, 2.45) is 7.05 Å². The van der Waals surface area contributed by atoms with Crippen molar-refractivity contribution in [3.05, 3.63) is 46.5 Å². The Kier molecular flexibility index (Phi) is 4.47. The van der Waals surface area contributed by atoms with Gasteiger partial charge >= 0.3 is 0 Å². The van der Waals surface area contributed by atoms with Gasteiger partial charge in [0.25, 0.3) is 0 Å². The molecule has 2 aromatic rings. The van der Waals surface area contributed by atoms with Gasteiger partial charge in [-0.1, -0.05) is 30.3 Å². The van der Waals surface area contributed by atoms with E-state index in [-0.39, 0.29) is 6.61 Å². The zero-order chi connectivity index (χ0) is 13.8. The van der Waals surface area contributed by atoms with Crippen LogP contribution in [0.4, 0.5) is 0 Å². The van der Waals surface area contributed by atoms with Crippen LogP contribution in [0.5, 0.6) is 0 Å². The summed E-state index contributed by atoms with van der Waals surface area (Å²) in [5.41, 5.74) is 1.25. The van der Waals surface area contributed by atoms with Crippen molar-refractivity contribution in [3.63, 3.8) is 0 Å². The lowest BCUT2D eigenvalue weighted by Gasteiger charge is -2.16. The molecule has 0 saturated carbocycles. The minimum Gasteiger partial charge on any atom is -0.388 e. The van der Waals surface area contributed by atoms with Crippen molar-refractivity contribution < 1.29 is 5.11 Å². The van der Waals surface area contributed by atoms with Crippen LogP contribution < -0.4 is 0 Å². The number of benzene rings is 1. The first-order valence-electron chi connectivity index (χ1n) is 6.08. The van der Waals surface area contributed by atoms with Gasteiger partial charge < -0.3 is 9.67 Å². The normalized spacial score (nSPS) is 11.2. The summed E-state index contributed by atoms with van der Waals surface area (Å²) in [5, 5.41) is 13.5. The van der Waals surface area contributed by atoms with E-state index >= 15 is 0 Å². The summed E-state index contributed by atoms with van der Waals surface area (Å²) in [4.78, 5) is 2.12. The molecule has 0 unspecified atom stereocenters. The van der Waals surface area contributed by atoms with E-state index in [1.165, 1.54) is 5.56 Å². The van der Waals surface area contributed by atoms with Crippen LogP contribution in [-0.2, 0) is 26.9 Å². The van der Waals surface area contributed by atoms with Crippen molar-refractivity contribution in [3.8, 4) is 0 Å². The quantitative estimate of drug-likeness (QED) is 0.843. The average Bonchev–Trinajstić information content (AvgIpc) is 2.67. The van der Waals surface area contributed by atoms with Crippen molar-refractivity contribution >= 4 is 12.2 Å². The second-order valence-electron chi connectivity index (χ2n) is 4.56. The van der Waals surface area contributed by atoms with E-state index in [4.69, 9.17) is 17.3 Å². The van der Waals surface area contributed by atoms with Crippen LogP contribution in [0.1, 0.15) is 11.4 Å². The molecule has 2 rings (SSSR count). The first-order valence-corrected chi connectivity index (χ1v) is 6.48. The zero-order valence-electron chi connectivity index (χ0n) is 11.2. The zero-order valence-corrected chi connectivity index (χ0v) is 12.0. The summed E-state index contributed by atoms with van der Waals surface area (Å²) in [6, 6.07) is 10.2. The lowest BCUT2D eigenvalue weighted by molar-refractivity contribution is 0.238. The molecular formula is C13H18N4OS. The molecular weight excluding hydrogens is 260 g/mol. The average molecular weight is 278 g/mol. The van der Waals surface area contributed by atoms with E-state index in [0.29, 0.717) is 17.3 Å². The van der Waals surface area contributed by atoms with Crippen LogP contribution in [0.15, 0.2) is 30.3 Å². The highest BCUT2D eigenvalue weighted by Gasteiger charge is 2.08. The second-order valence-corrected chi connectivity index (χ2v) is 4.92. The van der Waals surface area contributed by atoms with Crippen molar-refractivity contribution in [1.82, 2.24) is 19.2 Å². The van der Waals surface area contributed by atoms with E-state index in [0.717, 1.165) is 6.54 Å². The maximum Gasteiger partial charge on any atom is 0.198 e. The molecule has 1 heterocycles. The second kappa shape index (κ2) is 6.10. The highest BCUT2D eigenvalue weighted by molar-refractivity contribution is 7.71. The fraction of sp³-hybridized carbons (Fsp3) is 0.385. The molecule has 0 fully saturated rings. The van der Waals surface area contributed by atoms with E-state index in [9.17, 15) is 0 Å². The third-order valence-electron chi connectivity index (χ3n) is 2.94. The Bertz CT molecular complexity index is 590. The predicted molar refractivity (Wildman–Crippen MR) is 75.9 cm³/mol. The minimum atomic E-state index is -0.102. The molecule has 0 saturated heterocycles. The molecule has 0 spiro atoms. The number of aromatic nitrogens is 3. The third-order valence-corrected chi connectivity index (χ3v) is 3.43. The lowest BCUT2D eigenvalue weighted by atomic mass is 10.2. The molecule has 0 amide bonds.